The van der Waals surface area contributed by atoms with Crippen LogP contribution in [0.1, 0.15) is 12.0 Å². The van der Waals surface area contributed by atoms with E-state index in [0.717, 1.165) is 13.1 Å². The second kappa shape index (κ2) is 4.31. The van der Waals surface area contributed by atoms with Crippen molar-refractivity contribution in [2.45, 2.75) is 18.6 Å². The highest BCUT2D eigenvalue weighted by Gasteiger charge is 2.34. The lowest BCUT2D eigenvalue weighted by molar-refractivity contribution is -0.00580. The van der Waals surface area contributed by atoms with E-state index in [1.807, 2.05) is 18.2 Å². The molecule has 1 aromatic carbocycles. The molecule has 15 heavy (non-hydrogen) atoms. The van der Waals surface area contributed by atoms with Crippen molar-refractivity contribution in [1.82, 2.24) is 4.90 Å². The predicted octanol–water partition coefficient (Wildman–Crippen LogP) is 0.616. The summed E-state index contributed by atoms with van der Waals surface area (Å²) in [6.45, 7) is 2.13. The van der Waals surface area contributed by atoms with Crippen LogP contribution in [0.5, 0.6) is 0 Å². The van der Waals surface area contributed by atoms with Gasteiger partial charge in [0.05, 0.1) is 6.61 Å². The molecule has 0 amide bonds. The Hall–Kier alpha value is -0.900. The Morgan fingerprint density at radius 3 is 2.60 bits per heavy atom. The summed E-state index contributed by atoms with van der Waals surface area (Å²) in [4.78, 5) is 2.17. The summed E-state index contributed by atoms with van der Waals surface area (Å²) in [6, 6.07) is 10.2. The molecule has 1 heterocycles. The van der Waals surface area contributed by atoms with Crippen LogP contribution in [0.3, 0.4) is 0 Å². The van der Waals surface area contributed by atoms with Crippen molar-refractivity contribution in [3.8, 4) is 0 Å². The average Bonchev–Trinajstić information content (AvgIpc) is 2.63. The maximum atomic E-state index is 9.86. The molecule has 0 aliphatic carbocycles. The van der Waals surface area contributed by atoms with Gasteiger partial charge in [0.15, 0.2) is 0 Å². The lowest BCUT2D eigenvalue weighted by Gasteiger charge is -2.20. The van der Waals surface area contributed by atoms with Crippen molar-refractivity contribution in [2.24, 2.45) is 0 Å². The molecule has 0 saturated carbocycles. The molecule has 1 aromatic rings. The van der Waals surface area contributed by atoms with Crippen molar-refractivity contribution < 1.29 is 10.2 Å². The number of benzene rings is 1. The summed E-state index contributed by atoms with van der Waals surface area (Å²) in [6.07, 6.45) is 0.663. The van der Waals surface area contributed by atoms with Crippen molar-refractivity contribution in [1.29, 1.82) is 0 Å². The standard InChI is InChI=1S/C12H17NO2/c14-10-12(15)6-7-13(9-12)8-11-4-2-1-3-5-11/h1-5,14-15H,6-10H2/t12-/m1/s1. The zero-order valence-electron chi connectivity index (χ0n) is 8.76. The van der Waals surface area contributed by atoms with Crippen molar-refractivity contribution >= 4 is 0 Å². The molecule has 82 valence electrons. The van der Waals surface area contributed by atoms with E-state index in [9.17, 15) is 5.11 Å². The number of hydrogen-bond acceptors (Lipinski definition) is 3. The van der Waals surface area contributed by atoms with Gasteiger partial charge >= 0.3 is 0 Å². The number of aliphatic hydroxyl groups is 2. The molecular formula is C12H17NO2. The molecule has 0 spiro atoms. The topological polar surface area (TPSA) is 43.7 Å². The Bertz CT molecular complexity index is 315. The van der Waals surface area contributed by atoms with Crippen LogP contribution in [0, 0.1) is 0 Å². The molecule has 1 atom stereocenters. The Labute approximate surface area is 90.0 Å². The summed E-state index contributed by atoms with van der Waals surface area (Å²) in [5.41, 5.74) is 0.370. The lowest BCUT2D eigenvalue weighted by Crippen LogP contribution is -2.36. The number of rotatable bonds is 3. The van der Waals surface area contributed by atoms with Gasteiger partial charge in [-0.25, -0.2) is 0 Å². The molecule has 0 radical (unpaired) electrons. The van der Waals surface area contributed by atoms with E-state index >= 15 is 0 Å². The number of aliphatic hydroxyl groups excluding tert-OH is 1. The Kier molecular flexibility index (Phi) is 3.05. The number of hydrogen-bond donors (Lipinski definition) is 2. The second-order valence-electron chi connectivity index (χ2n) is 4.33. The van der Waals surface area contributed by atoms with Gasteiger partial charge < -0.3 is 10.2 Å². The quantitative estimate of drug-likeness (QED) is 0.763. The first-order valence-corrected chi connectivity index (χ1v) is 5.31. The van der Waals surface area contributed by atoms with E-state index in [-0.39, 0.29) is 6.61 Å². The summed E-state index contributed by atoms with van der Waals surface area (Å²) < 4.78 is 0. The van der Waals surface area contributed by atoms with Crippen molar-refractivity contribution in [2.75, 3.05) is 19.7 Å². The molecule has 0 bridgehead atoms. The second-order valence-corrected chi connectivity index (χ2v) is 4.33. The SMILES string of the molecule is OC[C@@]1(O)CCN(Cc2ccccc2)C1. The molecule has 1 aliphatic rings. The summed E-state index contributed by atoms with van der Waals surface area (Å²) >= 11 is 0. The first-order chi connectivity index (χ1) is 7.22. The monoisotopic (exact) mass is 207 g/mol. The molecule has 2 N–H and O–H groups in total. The van der Waals surface area contributed by atoms with Gasteiger partial charge in [-0.1, -0.05) is 30.3 Å². The van der Waals surface area contributed by atoms with Gasteiger partial charge in [0, 0.05) is 19.6 Å². The first kappa shape index (κ1) is 10.6. The predicted molar refractivity (Wildman–Crippen MR) is 58.4 cm³/mol. The van der Waals surface area contributed by atoms with Crippen molar-refractivity contribution in [3.63, 3.8) is 0 Å². The Balaban J connectivity index is 1.93. The minimum atomic E-state index is -0.880. The van der Waals surface area contributed by atoms with Crippen LogP contribution < -0.4 is 0 Å². The smallest absolute Gasteiger partial charge is 0.102 e. The van der Waals surface area contributed by atoms with E-state index < -0.39 is 5.60 Å². The van der Waals surface area contributed by atoms with Gasteiger partial charge in [-0.2, -0.15) is 0 Å². The molecule has 2 rings (SSSR count). The van der Waals surface area contributed by atoms with E-state index in [1.165, 1.54) is 5.56 Å². The van der Waals surface area contributed by atoms with Gasteiger partial charge in [-0.05, 0) is 12.0 Å². The normalized spacial score (nSPS) is 27.1. The molecule has 3 nitrogen and oxygen atoms in total. The highest BCUT2D eigenvalue weighted by Crippen LogP contribution is 2.22. The zero-order chi connectivity index (χ0) is 10.7. The van der Waals surface area contributed by atoms with Crippen LogP contribution >= 0.6 is 0 Å². The van der Waals surface area contributed by atoms with Gasteiger partial charge in [-0.3, -0.25) is 4.90 Å². The van der Waals surface area contributed by atoms with E-state index in [2.05, 4.69) is 17.0 Å². The minimum absolute atomic E-state index is 0.141. The first-order valence-electron chi connectivity index (χ1n) is 5.31. The highest BCUT2D eigenvalue weighted by molar-refractivity contribution is 5.14. The van der Waals surface area contributed by atoms with Gasteiger partial charge in [0.25, 0.3) is 0 Å². The average molecular weight is 207 g/mol. The summed E-state index contributed by atoms with van der Waals surface area (Å²) in [5, 5.41) is 18.9. The van der Waals surface area contributed by atoms with Gasteiger partial charge in [-0.15, -0.1) is 0 Å². The fourth-order valence-corrected chi connectivity index (χ4v) is 2.05. The third-order valence-corrected chi connectivity index (χ3v) is 2.95. The molecule has 1 aliphatic heterocycles. The molecule has 1 saturated heterocycles. The highest BCUT2D eigenvalue weighted by atomic mass is 16.3. The third-order valence-electron chi connectivity index (χ3n) is 2.95. The molecule has 0 aromatic heterocycles. The number of β-amino-alcohol motifs (C(OH)–C–C–N with tert-alkyl or cyclic N) is 1. The van der Waals surface area contributed by atoms with Crippen LogP contribution in [0.15, 0.2) is 30.3 Å². The number of nitrogens with zero attached hydrogens (tertiary/aromatic N) is 1. The Morgan fingerprint density at radius 2 is 2.00 bits per heavy atom. The third kappa shape index (κ3) is 2.56. The van der Waals surface area contributed by atoms with E-state index in [0.29, 0.717) is 13.0 Å². The molecule has 1 fully saturated rings. The van der Waals surface area contributed by atoms with E-state index in [1.54, 1.807) is 0 Å². The van der Waals surface area contributed by atoms with Crippen LogP contribution in [0.2, 0.25) is 0 Å². The van der Waals surface area contributed by atoms with Crippen molar-refractivity contribution in [3.05, 3.63) is 35.9 Å². The van der Waals surface area contributed by atoms with Crippen LogP contribution in [-0.2, 0) is 6.54 Å². The van der Waals surface area contributed by atoms with Crippen LogP contribution in [-0.4, -0.2) is 40.4 Å². The van der Waals surface area contributed by atoms with Crippen LogP contribution in [0.25, 0.3) is 0 Å². The van der Waals surface area contributed by atoms with Gasteiger partial charge in [0.2, 0.25) is 0 Å². The maximum Gasteiger partial charge on any atom is 0.102 e. The minimum Gasteiger partial charge on any atom is -0.393 e. The molecule has 0 unspecified atom stereocenters. The fourth-order valence-electron chi connectivity index (χ4n) is 2.05. The largest absolute Gasteiger partial charge is 0.393 e. The number of likely N-dealkylation sites (tertiary alicyclic amines) is 1. The summed E-state index contributed by atoms with van der Waals surface area (Å²) in [5.74, 6) is 0. The zero-order valence-corrected chi connectivity index (χ0v) is 8.76. The van der Waals surface area contributed by atoms with E-state index in [4.69, 9.17) is 5.11 Å². The Morgan fingerprint density at radius 1 is 1.27 bits per heavy atom. The fraction of sp³-hybridized carbons (Fsp3) is 0.500. The maximum absolute atomic E-state index is 9.86. The summed E-state index contributed by atoms with van der Waals surface area (Å²) in [7, 11) is 0. The molecular weight excluding hydrogens is 190 g/mol. The molecule has 3 heteroatoms. The lowest BCUT2D eigenvalue weighted by atomic mass is 10.1. The van der Waals surface area contributed by atoms with Gasteiger partial charge in [0.1, 0.15) is 5.60 Å². The van der Waals surface area contributed by atoms with Crippen LogP contribution in [0.4, 0.5) is 0 Å².